The number of fused-ring (bicyclic) bond motifs is 1. The zero-order valence-corrected chi connectivity index (χ0v) is 19.4. The van der Waals surface area contributed by atoms with Gasteiger partial charge in [0.05, 0.1) is 4.70 Å². The third-order valence-corrected chi connectivity index (χ3v) is 6.83. The van der Waals surface area contributed by atoms with Gasteiger partial charge in [0.2, 0.25) is 0 Å². The average molecular weight is 459 g/mol. The Bertz CT molecular complexity index is 1100. The Morgan fingerprint density at radius 2 is 1.78 bits per heavy atom. The van der Waals surface area contributed by atoms with Crippen molar-refractivity contribution in [3.05, 3.63) is 59.2 Å². The van der Waals surface area contributed by atoms with E-state index in [0.717, 1.165) is 43.9 Å². The highest BCUT2D eigenvalue weighted by Crippen LogP contribution is 2.31. The zero-order chi connectivity index (χ0) is 22.9. The van der Waals surface area contributed by atoms with E-state index in [-0.39, 0.29) is 16.8 Å². The molecule has 5 nitrogen and oxygen atoms in total. The van der Waals surface area contributed by atoms with Crippen molar-refractivity contribution in [3.63, 3.8) is 0 Å². The van der Waals surface area contributed by atoms with Crippen LogP contribution in [-0.2, 0) is 5.41 Å². The summed E-state index contributed by atoms with van der Waals surface area (Å²) in [4.78, 5) is 21.2. The number of aromatic nitrogens is 1. The quantitative estimate of drug-likeness (QED) is 0.615. The summed E-state index contributed by atoms with van der Waals surface area (Å²) in [6.45, 7) is 10.9. The summed E-state index contributed by atoms with van der Waals surface area (Å²) in [5, 5.41) is 3.71. The second-order valence-corrected chi connectivity index (χ2v) is 10.2. The van der Waals surface area contributed by atoms with Crippen LogP contribution in [0.3, 0.4) is 0 Å². The molecule has 4 rings (SSSR count). The van der Waals surface area contributed by atoms with Crippen LogP contribution in [0.25, 0.3) is 10.2 Å². The third kappa shape index (κ3) is 5.07. The number of benzene rings is 2. The van der Waals surface area contributed by atoms with Crippen LogP contribution >= 0.6 is 11.3 Å². The van der Waals surface area contributed by atoms with Crippen molar-refractivity contribution in [1.29, 1.82) is 0 Å². The van der Waals surface area contributed by atoms with Crippen LogP contribution in [0.4, 0.5) is 13.9 Å². The van der Waals surface area contributed by atoms with E-state index in [1.54, 1.807) is 0 Å². The summed E-state index contributed by atoms with van der Waals surface area (Å²) in [7, 11) is 0. The van der Waals surface area contributed by atoms with Gasteiger partial charge in [-0.2, -0.15) is 0 Å². The Balaban J connectivity index is 1.25. The zero-order valence-electron chi connectivity index (χ0n) is 18.6. The minimum Gasteiger partial charge on any atom is -0.351 e. The van der Waals surface area contributed by atoms with Crippen LogP contribution in [-0.4, -0.2) is 55.1 Å². The number of hydrogen-bond donors (Lipinski definition) is 1. The van der Waals surface area contributed by atoms with Gasteiger partial charge in [-0.15, -0.1) is 0 Å². The van der Waals surface area contributed by atoms with Gasteiger partial charge >= 0.3 is 0 Å². The van der Waals surface area contributed by atoms with Crippen LogP contribution in [0, 0.1) is 11.6 Å². The Kier molecular flexibility index (Phi) is 6.44. The van der Waals surface area contributed by atoms with Gasteiger partial charge in [-0.3, -0.25) is 9.69 Å². The van der Waals surface area contributed by atoms with E-state index in [4.69, 9.17) is 0 Å². The first-order valence-electron chi connectivity index (χ1n) is 10.8. The van der Waals surface area contributed by atoms with E-state index >= 15 is 0 Å². The van der Waals surface area contributed by atoms with Gasteiger partial charge in [0.1, 0.15) is 11.3 Å². The predicted octanol–water partition coefficient (Wildman–Crippen LogP) is 4.42. The van der Waals surface area contributed by atoms with Crippen LogP contribution in [0.15, 0.2) is 36.4 Å². The molecule has 0 atom stereocenters. The molecule has 1 aliphatic heterocycles. The fourth-order valence-corrected chi connectivity index (χ4v) is 4.85. The van der Waals surface area contributed by atoms with Gasteiger partial charge < -0.3 is 10.2 Å². The predicted molar refractivity (Wildman–Crippen MR) is 126 cm³/mol. The second-order valence-electron chi connectivity index (χ2n) is 9.14. The molecule has 1 fully saturated rings. The summed E-state index contributed by atoms with van der Waals surface area (Å²) in [6, 6.07) is 9.97. The topological polar surface area (TPSA) is 48.5 Å². The molecule has 170 valence electrons. The minimum absolute atomic E-state index is 0.0622. The molecule has 1 saturated heterocycles. The molecular formula is C24H28F2N4OS. The lowest BCUT2D eigenvalue weighted by molar-refractivity contribution is 0.0947. The van der Waals surface area contributed by atoms with Crippen molar-refractivity contribution in [2.75, 3.05) is 44.2 Å². The van der Waals surface area contributed by atoms with Gasteiger partial charge in [-0.1, -0.05) is 44.2 Å². The molecule has 1 N–H and O–H groups in total. The normalized spacial score (nSPS) is 15.3. The number of carbonyl (C=O) groups is 1. The van der Waals surface area contributed by atoms with Crippen LogP contribution in [0.5, 0.6) is 0 Å². The second kappa shape index (κ2) is 9.11. The number of piperazine rings is 1. The highest BCUT2D eigenvalue weighted by atomic mass is 32.1. The highest BCUT2D eigenvalue weighted by Gasteiger charge is 2.21. The molecule has 1 amide bonds. The van der Waals surface area contributed by atoms with Gasteiger partial charge in [0.25, 0.3) is 5.91 Å². The van der Waals surface area contributed by atoms with E-state index in [2.05, 4.69) is 40.9 Å². The number of hydrogen-bond acceptors (Lipinski definition) is 5. The Hall–Kier alpha value is -2.58. The molecule has 8 heteroatoms. The van der Waals surface area contributed by atoms with Gasteiger partial charge in [0.15, 0.2) is 10.9 Å². The summed E-state index contributed by atoms with van der Waals surface area (Å²) >= 11 is 1.31. The molecular weight excluding hydrogens is 430 g/mol. The fraction of sp³-hybridized carbons (Fsp3) is 0.417. The lowest BCUT2D eigenvalue weighted by atomic mass is 9.87. The Labute approximate surface area is 191 Å². The summed E-state index contributed by atoms with van der Waals surface area (Å²) in [5.41, 5.74) is 2.16. The summed E-state index contributed by atoms with van der Waals surface area (Å²) in [6.07, 6.45) is 0. The molecule has 0 radical (unpaired) electrons. The molecule has 0 spiro atoms. The van der Waals surface area contributed by atoms with Crippen LogP contribution < -0.4 is 10.2 Å². The van der Waals surface area contributed by atoms with Crippen molar-refractivity contribution >= 4 is 32.6 Å². The first-order chi connectivity index (χ1) is 15.2. The number of anilines is 1. The molecule has 2 aromatic carbocycles. The highest BCUT2D eigenvalue weighted by molar-refractivity contribution is 7.22. The summed E-state index contributed by atoms with van der Waals surface area (Å²) in [5.74, 6) is -1.26. The van der Waals surface area contributed by atoms with Crippen molar-refractivity contribution in [3.8, 4) is 0 Å². The summed E-state index contributed by atoms with van der Waals surface area (Å²) < 4.78 is 27.9. The molecule has 2 heterocycles. The molecule has 1 aromatic heterocycles. The molecule has 32 heavy (non-hydrogen) atoms. The number of thiazole rings is 1. The average Bonchev–Trinajstić information content (AvgIpc) is 3.18. The van der Waals surface area contributed by atoms with Gasteiger partial charge in [0, 0.05) is 50.9 Å². The lowest BCUT2D eigenvalue weighted by Gasteiger charge is -2.34. The molecule has 0 aliphatic carbocycles. The van der Waals surface area contributed by atoms with Crippen molar-refractivity contribution in [1.82, 2.24) is 15.2 Å². The number of amides is 1. The van der Waals surface area contributed by atoms with E-state index in [9.17, 15) is 13.6 Å². The smallest absolute Gasteiger partial charge is 0.251 e. The standard InChI is InChI=1S/C24H28F2N4OS/c1-24(2,3)17-6-4-16(5-7-17)22(31)27-8-9-29-10-12-30(13-11-29)23-28-21-19(26)14-18(25)15-20(21)32-23/h4-7,14-15H,8-13H2,1-3H3,(H,27,31). The van der Waals surface area contributed by atoms with Crippen molar-refractivity contribution in [2.45, 2.75) is 26.2 Å². The Morgan fingerprint density at radius 1 is 1.09 bits per heavy atom. The monoisotopic (exact) mass is 458 g/mol. The maximum atomic E-state index is 13.9. The SMILES string of the molecule is CC(C)(C)c1ccc(C(=O)NCCN2CCN(c3nc4c(F)cc(F)cc4s3)CC2)cc1. The first-order valence-corrected chi connectivity index (χ1v) is 11.6. The van der Waals surface area contributed by atoms with E-state index in [0.29, 0.717) is 16.8 Å². The first kappa shape index (κ1) is 22.6. The number of nitrogens with zero attached hydrogens (tertiary/aromatic N) is 3. The fourth-order valence-electron chi connectivity index (χ4n) is 3.79. The maximum Gasteiger partial charge on any atom is 0.251 e. The lowest BCUT2D eigenvalue weighted by Crippen LogP contribution is -2.48. The number of rotatable bonds is 5. The van der Waals surface area contributed by atoms with E-state index in [1.807, 2.05) is 24.3 Å². The molecule has 0 unspecified atom stereocenters. The maximum absolute atomic E-state index is 13.9. The number of carbonyl (C=O) groups excluding carboxylic acids is 1. The Morgan fingerprint density at radius 3 is 2.44 bits per heavy atom. The van der Waals surface area contributed by atoms with E-state index in [1.165, 1.54) is 23.0 Å². The van der Waals surface area contributed by atoms with Crippen molar-refractivity contribution in [2.24, 2.45) is 0 Å². The molecule has 3 aromatic rings. The van der Waals surface area contributed by atoms with Crippen LogP contribution in [0.1, 0.15) is 36.7 Å². The van der Waals surface area contributed by atoms with Gasteiger partial charge in [-0.05, 0) is 29.2 Å². The third-order valence-electron chi connectivity index (χ3n) is 5.77. The molecule has 0 saturated carbocycles. The van der Waals surface area contributed by atoms with Gasteiger partial charge in [-0.25, -0.2) is 13.8 Å². The molecule has 1 aliphatic rings. The van der Waals surface area contributed by atoms with Crippen molar-refractivity contribution < 1.29 is 13.6 Å². The number of nitrogens with one attached hydrogen (secondary N) is 1. The van der Waals surface area contributed by atoms with Crippen LogP contribution in [0.2, 0.25) is 0 Å². The molecule has 0 bridgehead atoms. The minimum atomic E-state index is -0.620. The largest absolute Gasteiger partial charge is 0.351 e. The number of halogens is 2. The van der Waals surface area contributed by atoms with E-state index < -0.39 is 11.6 Å².